The molecule has 240 valence electrons. The molecule has 0 saturated carbocycles. The van der Waals surface area contributed by atoms with Gasteiger partial charge in [-0.2, -0.15) is 0 Å². The van der Waals surface area contributed by atoms with E-state index >= 15 is 0 Å². The molecule has 1 aromatic heterocycles. The van der Waals surface area contributed by atoms with Crippen molar-refractivity contribution in [2.45, 2.75) is 68.3 Å². The van der Waals surface area contributed by atoms with Crippen molar-refractivity contribution in [1.29, 1.82) is 0 Å². The molecule has 10 atom stereocenters. The van der Waals surface area contributed by atoms with Gasteiger partial charge in [0.15, 0.2) is 29.7 Å². The average molecular weight is 625 g/mol. The normalized spacial score (nSPS) is 32.5. The number of aliphatic hydroxyl groups excluding tert-OH is 6. The van der Waals surface area contributed by atoms with Crippen LogP contribution >= 0.6 is 0 Å². The second kappa shape index (κ2) is 12.4. The van der Waals surface area contributed by atoms with E-state index in [2.05, 4.69) is 0 Å². The maximum atomic E-state index is 13.8. The van der Waals surface area contributed by atoms with Gasteiger partial charge < -0.3 is 74.1 Å². The van der Waals surface area contributed by atoms with Gasteiger partial charge in [-0.1, -0.05) is 0 Å². The molecule has 2 aliphatic rings. The molecule has 2 saturated heterocycles. The van der Waals surface area contributed by atoms with E-state index in [4.69, 9.17) is 28.1 Å². The van der Waals surface area contributed by atoms with Crippen LogP contribution in [0.1, 0.15) is 6.92 Å². The maximum absolute atomic E-state index is 13.8. The molecular formula is C28H32O16. The lowest BCUT2D eigenvalue weighted by Gasteiger charge is -2.45. The maximum Gasteiger partial charge on any atom is 0.239 e. The van der Waals surface area contributed by atoms with Gasteiger partial charge in [0, 0.05) is 17.7 Å². The van der Waals surface area contributed by atoms with Gasteiger partial charge in [-0.05, 0) is 25.1 Å². The lowest BCUT2D eigenvalue weighted by atomic mass is 9.97. The van der Waals surface area contributed by atoms with Crippen LogP contribution in [0.5, 0.6) is 28.7 Å². The number of rotatable bonds is 7. The Morgan fingerprint density at radius 1 is 0.841 bits per heavy atom. The first-order valence-electron chi connectivity index (χ1n) is 13.4. The Balaban J connectivity index is 1.63. The highest BCUT2D eigenvalue weighted by atomic mass is 16.8. The summed E-state index contributed by atoms with van der Waals surface area (Å²) in [6.45, 7) is 0.570. The van der Waals surface area contributed by atoms with E-state index < -0.39 is 96.1 Å². The summed E-state index contributed by atoms with van der Waals surface area (Å²) < 4.78 is 33.8. The third-order valence-corrected chi connectivity index (χ3v) is 7.52. The van der Waals surface area contributed by atoms with Crippen LogP contribution in [0.15, 0.2) is 39.5 Å². The molecular weight excluding hydrogens is 592 g/mol. The molecule has 3 aromatic rings. The summed E-state index contributed by atoms with van der Waals surface area (Å²) in [6.07, 6.45) is -16.5. The van der Waals surface area contributed by atoms with Crippen LogP contribution in [-0.4, -0.2) is 121 Å². The number of ether oxygens (including phenoxy) is 5. The molecule has 0 spiro atoms. The number of aliphatic hydroxyl groups is 6. The Kier molecular flexibility index (Phi) is 8.90. The van der Waals surface area contributed by atoms with E-state index in [1.54, 1.807) is 0 Å². The van der Waals surface area contributed by atoms with Gasteiger partial charge in [-0.3, -0.25) is 4.79 Å². The monoisotopic (exact) mass is 624 g/mol. The third kappa shape index (κ3) is 5.63. The van der Waals surface area contributed by atoms with E-state index in [1.165, 1.54) is 32.2 Å². The molecule has 2 aliphatic heterocycles. The number of phenolic OH excluding ortho intramolecular Hbond substituents is 3. The summed E-state index contributed by atoms with van der Waals surface area (Å²) >= 11 is 0. The number of hydrogen-bond donors (Lipinski definition) is 9. The Morgan fingerprint density at radius 2 is 1.57 bits per heavy atom. The van der Waals surface area contributed by atoms with Crippen molar-refractivity contribution in [2.24, 2.45) is 0 Å². The molecule has 10 unspecified atom stereocenters. The smallest absolute Gasteiger partial charge is 0.239 e. The van der Waals surface area contributed by atoms with Crippen LogP contribution < -0.4 is 14.9 Å². The zero-order valence-electron chi connectivity index (χ0n) is 23.3. The predicted molar refractivity (Wildman–Crippen MR) is 145 cm³/mol. The standard InChI is InChI=1S/C28H32O16/c1-9-18(33)21(36)23(38)27(40-9)44-26-22(37)19(34)16(8-29)42-28(26)43-25-20(35)17-13(32)6-11(30)7-15(17)41-24(25)10-3-4-12(31)14(5-10)39-2/h3-7,9,16,18-19,21-23,26-34,36-38H,8H2,1-2H3. The number of methoxy groups -OCH3 is 1. The van der Waals surface area contributed by atoms with Gasteiger partial charge >= 0.3 is 0 Å². The first kappa shape index (κ1) is 31.7. The lowest BCUT2D eigenvalue weighted by molar-refractivity contribution is -0.354. The van der Waals surface area contributed by atoms with Crippen LogP contribution in [0.3, 0.4) is 0 Å². The van der Waals surface area contributed by atoms with Gasteiger partial charge in [0.1, 0.15) is 59.1 Å². The van der Waals surface area contributed by atoms with Gasteiger partial charge in [0.2, 0.25) is 17.5 Å². The second-order valence-electron chi connectivity index (χ2n) is 10.4. The van der Waals surface area contributed by atoms with Crippen molar-refractivity contribution in [2.75, 3.05) is 13.7 Å². The first-order valence-corrected chi connectivity index (χ1v) is 13.4. The van der Waals surface area contributed by atoms with E-state index in [9.17, 15) is 50.8 Å². The van der Waals surface area contributed by atoms with Crippen molar-refractivity contribution in [3.8, 4) is 40.1 Å². The van der Waals surface area contributed by atoms with E-state index in [-0.39, 0.29) is 28.4 Å². The molecule has 16 heteroatoms. The Labute approximate surface area is 248 Å². The van der Waals surface area contributed by atoms with E-state index in [1.807, 2.05) is 0 Å². The minimum absolute atomic E-state index is 0.0257. The number of hydrogen-bond acceptors (Lipinski definition) is 16. The fraction of sp³-hybridized carbons (Fsp3) is 0.464. The molecule has 3 heterocycles. The highest BCUT2D eigenvalue weighted by Gasteiger charge is 2.51. The Bertz CT molecular complexity index is 1560. The summed E-state index contributed by atoms with van der Waals surface area (Å²) in [5, 5.41) is 92.3. The first-order chi connectivity index (χ1) is 20.9. The SMILES string of the molecule is COc1cc(-c2oc3cc(O)cc(O)c3c(=O)c2OC2OC(CO)C(O)C(O)C2OC2OC(C)C(O)C(O)C2O)ccc1O. The summed E-state index contributed by atoms with van der Waals surface area (Å²) in [6, 6.07) is 5.81. The molecule has 2 aromatic carbocycles. The van der Waals surface area contributed by atoms with Crippen LogP contribution in [0.4, 0.5) is 0 Å². The minimum Gasteiger partial charge on any atom is -0.508 e. The van der Waals surface area contributed by atoms with Crippen LogP contribution in [0.2, 0.25) is 0 Å². The molecule has 0 aliphatic carbocycles. The fourth-order valence-corrected chi connectivity index (χ4v) is 5.08. The van der Waals surface area contributed by atoms with Crippen LogP contribution in [0, 0.1) is 0 Å². The highest BCUT2D eigenvalue weighted by molar-refractivity contribution is 5.88. The molecule has 0 radical (unpaired) electrons. The second-order valence-corrected chi connectivity index (χ2v) is 10.4. The van der Waals surface area contributed by atoms with Gasteiger partial charge in [0.25, 0.3) is 0 Å². The van der Waals surface area contributed by atoms with Crippen molar-refractivity contribution in [3.05, 3.63) is 40.6 Å². The fourth-order valence-electron chi connectivity index (χ4n) is 5.08. The summed E-state index contributed by atoms with van der Waals surface area (Å²) in [5.41, 5.74) is -1.15. The van der Waals surface area contributed by atoms with Crippen LogP contribution in [0.25, 0.3) is 22.3 Å². The third-order valence-electron chi connectivity index (χ3n) is 7.52. The highest BCUT2D eigenvalue weighted by Crippen LogP contribution is 2.40. The number of phenols is 3. The Hall–Kier alpha value is -3.71. The predicted octanol–water partition coefficient (Wildman–Crippen LogP) is -1.38. The quantitative estimate of drug-likeness (QED) is 0.147. The van der Waals surface area contributed by atoms with Crippen molar-refractivity contribution in [1.82, 2.24) is 0 Å². The van der Waals surface area contributed by atoms with Crippen molar-refractivity contribution >= 4 is 11.0 Å². The minimum atomic E-state index is -1.89. The summed E-state index contributed by atoms with van der Waals surface area (Å²) in [7, 11) is 1.28. The van der Waals surface area contributed by atoms with Crippen molar-refractivity contribution in [3.63, 3.8) is 0 Å². The number of aromatic hydroxyl groups is 3. The van der Waals surface area contributed by atoms with Gasteiger partial charge in [-0.25, -0.2) is 0 Å². The zero-order chi connectivity index (χ0) is 32.0. The average Bonchev–Trinajstić information content (AvgIpc) is 2.99. The molecule has 5 rings (SSSR count). The van der Waals surface area contributed by atoms with Crippen molar-refractivity contribution < 1.29 is 74.1 Å². The van der Waals surface area contributed by atoms with E-state index in [0.717, 1.165) is 12.1 Å². The number of fused-ring (bicyclic) bond motifs is 1. The summed E-state index contributed by atoms with van der Waals surface area (Å²) in [4.78, 5) is 13.8. The topological polar surface area (TPSA) is 258 Å². The molecule has 0 bridgehead atoms. The zero-order valence-corrected chi connectivity index (χ0v) is 23.3. The number of benzene rings is 2. The molecule has 2 fully saturated rings. The van der Waals surface area contributed by atoms with Gasteiger partial charge in [-0.15, -0.1) is 0 Å². The lowest BCUT2D eigenvalue weighted by Crippen LogP contribution is -2.64. The summed E-state index contributed by atoms with van der Waals surface area (Å²) in [5.74, 6) is -2.34. The van der Waals surface area contributed by atoms with Crippen LogP contribution in [-0.2, 0) is 14.2 Å². The largest absolute Gasteiger partial charge is 0.508 e. The van der Waals surface area contributed by atoms with E-state index in [0.29, 0.717) is 0 Å². The molecule has 44 heavy (non-hydrogen) atoms. The molecule has 0 amide bonds. The Morgan fingerprint density at radius 3 is 2.25 bits per heavy atom. The molecule has 9 N–H and O–H groups in total. The molecule has 16 nitrogen and oxygen atoms in total. The van der Waals surface area contributed by atoms with Gasteiger partial charge in [0.05, 0.1) is 19.8 Å².